The van der Waals surface area contributed by atoms with E-state index < -0.39 is 5.97 Å². The number of benzene rings is 3. The quantitative estimate of drug-likeness (QED) is 0.644. The zero-order valence-electron chi connectivity index (χ0n) is 16.1. The molecule has 0 aliphatic carbocycles. The topological polar surface area (TPSA) is 90.2 Å². The van der Waals surface area contributed by atoms with Gasteiger partial charge in [-0.3, -0.25) is 9.69 Å². The standard InChI is InChI=1S/C24H18N2O4/c1-15-2-6-17(7-3-15)22-25-21(14-16-4-8-18(9-5-16)24(29)30)23(28)26(22)19-10-12-20(27)13-11-19/h2-14,27H,1H3,(H,29,30)/b21-14+. The molecule has 30 heavy (non-hydrogen) atoms. The van der Waals surface area contributed by atoms with Crippen LogP contribution >= 0.6 is 0 Å². The minimum atomic E-state index is -1.01. The molecule has 0 bridgehead atoms. The molecule has 4 rings (SSSR count). The minimum absolute atomic E-state index is 0.105. The number of aromatic hydroxyl groups is 1. The maximum atomic E-state index is 13.2. The maximum Gasteiger partial charge on any atom is 0.335 e. The van der Waals surface area contributed by atoms with Crippen LogP contribution in [0.4, 0.5) is 5.69 Å². The van der Waals surface area contributed by atoms with Crippen LogP contribution in [0.3, 0.4) is 0 Å². The summed E-state index contributed by atoms with van der Waals surface area (Å²) in [5, 5.41) is 18.6. The van der Waals surface area contributed by atoms with Crippen molar-refractivity contribution in [1.29, 1.82) is 0 Å². The lowest BCUT2D eigenvalue weighted by atomic mass is 10.1. The van der Waals surface area contributed by atoms with Gasteiger partial charge in [-0.05, 0) is 55.0 Å². The van der Waals surface area contributed by atoms with Crippen molar-refractivity contribution in [1.82, 2.24) is 0 Å². The van der Waals surface area contributed by atoms with Crippen LogP contribution in [0.2, 0.25) is 0 Å². The van der Waals surface area contributed by atoms with Crippen molar-refractivity contribution in [2.45, 2.75) is 6.92 Å². The van der Waals surface area contributed by atoms with Gasteiger partial charge in [0.05, 0.1) is 11.3 Å². The lowest BCUT2D eigenvalue weighted by Gasteiger charge is -2.18. The number of phenolic OH excluding ortho intramolecular Hbond substituents is 1. The Kier molecular flexibility index (Phi) is 4.90. The number of carbonyl (C=O) groups excluding carboxylic acids is 1. The number of aryl methyl sites for hydroxylation is 1. The fourth-order valence-corrected chi connectivity index (χ4v) is 3.13. The monoisotopic (exact) mass is 398 g/mol. The van der Waals surface area contributed by atoms with E-state index in [-0.39, 0.29) is 22.9 Å². The van der Waals surface area contributed by atoms with E-state index in [0.717, 1.165) is 11.1 Å². The molecule has 0 saturated carbocycles. The Morgan fingerprint density at radius 2 is 1.57 bits per heavy atom. The van der Waals surface area contributed by atoms with Gasteiger partial charge in [-0.25, -0.2) is 9.79 Å². The molecule has 0 spiro atoms. The van der Waals surface area contributed by atoms with Gasteiger partial charge in [0.1, 0.15) is 17.3 Å². The van der Waals surface area contributed by atoms with E-state index in [1.165, 1.54) is 29.2 Å². The lowest BCUT2D eigenvalue weighted by molar-refractivity contribution is -0.113. The van der Waals surface area contributed by atoms with E-state index in [1.54, 1.807) is 30.3 Å². The fraction of sp³-hybridized carbons (Fsp3) is 0.0417. The van der Waals surface area contributed by atoms with Crippen LogP contribution in [0.15, 0.2) is 83.5 Å². The Bertz CT molecular complexity index is 1180. The van der Waals surface area contributed by atoms with Crippen LogP contribution in [0.25, 0.3) is 6.08 Å². The van der Waals surface area contributed by atoms with Crippen LogP contribution in [0, 0.1) is 6.92 Å². The molecule has 148 valence electrons. The molecule has 0 saturated heterocycles. The average Bonchev–Trinajstić information content (AvgIpc) is 3.06. The highest BCUT2D eigenvalue weighted by molar-refractivity contribution is 6.33. The first-order valence-corrected chi connectivity index (χ1v) is 9.26. The third-order valence-corrected chi connectivity index (χ3v) is 4.74. The van der Waals surface area contributed by atoms with Gasteiger partial charge in [0.2, 0.25) is 0 Å². The molecule has 3 aromatic rings. The lowest BCUT2D eigenvalue weighted by Crippen LogP contribution is -2.32. The first-order chi connectivity index (χ1) is 14.4. The summed E-state index contributed by atoms with van der Waals surface area (Å²) in [6.45, 7) is 1.98. The van der Waals surface area contributed by atoms with Gasteiger partial charge in [0.15, 0.2) is 0 Å². The van der Waals surface area contributed by atoms with Crippen molar-refractivity contribution in [3.63, 3.8) is 0 Å². The Morgan fingerprint density at radius 3 is 2.17 bits per heavy atom. The van der Waals surface area contributed by atoms with Gasteiger partial charge >= 0.3 is 5.97 Å². The third-order valence-electron chi connectivity index (χ3n) is 4.74. The van der Waals surface area contributed by atoms with Crippen molar-refractivity contribution in [3.8, 4) is 5.75 Å². The second-order valence-corrected chi connectivity index (χ2v) is 6.92. The van der Waals surface area contributed by atoms with Crippen molar-refractivity contribution in [2.75, 3.05) is 4.90 Å². The molecule has 0 atom stereocenters. The second kappa shape index (κ2) is 7.67. The first-order valence-electron chi connectivity index (χ1n) is 9.26. The molecule has 0 radical (unpaired) electrons. The normalized spacial score (nSPS) is 14.8. The number of anilines is 1. The number of nitrogens with zero attached hydrogens (tertiary/aromatic N) is 2. The van der Waals surface area contributed by atoms with Crippen LogP contribution < -0.4 is 4.90 Å². The molecular weight excluding hydrogens is 380 g/mol. The van der Waals surface area contributed by atoms with E-state index in [4.69, 9.17) is 5.11 Å². The number of carboxylic acids is 1. The van der Waals surface area contributed by atoms with Crippen molar-refractivity contribution < 1.29 is 19.8 Å². The van der Waals surface area contributed by atoms with Crippen LogP contribution in [0.1, 0.15) is 27.0 Å². The summed E-state index contributed by atoms with van der Waals surface area (Å²) >= 11 is 0. The molecule has 1 heterocycles. The molecule has 2 N–H and O–H groups in total. The van der Waals surface area contributed by atoms with E-state index >= 15 is 0 Å². The number of aromatic carboxylic acids is 1. The molecular formula is C24H18N2O4. The molecule has 6 nitrogen and oxygen atoms in total. The fourth-order valence-electron chi connectivity index (χ4n) is 3.13. The van der Waals surface area contributed by atoms with Crippen molar-refractivity contribution in [3.05, 3.63) is 101 Å². The molecule has 1 amide bonds. The summed E-state index contributed by atoms with van der Waals surface area (Å²) in [5.74, 6) is -0.726. The molecule has 1 aliphatic heterocycles. The number of hydrogen-bond donors (Lipinski definition) is 2. The van der Waals surface area contributed by atoms with Gasteiger partial charge in [0.25, 0.3) is 5.91 Å². The van der Waals surface area contributed by atoms with E-state index in [2.05, 4.69) is 4.99 Å². The number of phenols is 1. The maximum absolute atomic E-state index is 13.2. The van der Waals surface area contributed by atoms with E-state index in [1.807, 2.05) is 31.2 Å². The first kappa shape index (κ1) is 19.1. The largest absolute Gasteiger partial charge is 0.508 e. The Morgan fingerprint density at radius 1 is 0.933 bits per heavy atom. The number of carboxylic acid groups (broad SMARTS) is 1. The summed E-state index contributed by atoms with van der Waals surface area (Å²) in [5.41, 5.74) is 3.54. The third kappa shape index (κ3) is 3.71. The molecule has 6 heteroatoms. The smallest absolute Gasteiger partial charge is 0.335 e. The number of amidine groups is 1. The van der Waals surface area contributed by atoms with Gasteiger partial charge in [-0.15, -0.1) is 0 Å². The molecule has 3 aromatic carbocycles. The van der Waals surface area contributed by atoms with Crippen LogP contribution in [-0.4, -0.2) is 27.9 Å². The van der Waals surface area contributed by atoms with Crippen molar-refractivity contribution >= 4 is 29.5 Å². The second-order valence-electron chi connectivity index (χ2n) is 6.92. The Labute approximate surface area is 173 Å². The zero-order chi connectivity index (χ0) is 21.3. The van der Waals surface area contributed by atoms with Gasteiger partial charge in [-0.1, -0.05) is 42.0 Å². The molecule has 1 aliphatic rings. The molecule has 0 fully saturated rings. The minimum Gasteiger partial charge on any atom is -0.508 e. The number of carbonyl (C=O) groups is 2. The van der Waals surface area contributed by atoms with E-state index in [0.29, 0.717) is 17.1 Å². The number of rotatable bonds is 4. The zero-order valence-corrected chi connectivity index (χ0v) is 16.1. The van der Waals surface area contributed by atoms with Crippen LogP contribution in [-0.2, 0) is 4.79 Å². The molecule has 0 aromatic heterocycles. The Balaban J connectivity index is 1.78. The van der Waals surface area contributed by atoms with Crippen molar-refractivity contribution in [2.24, 2.45) is 4.99 Å². The van der Waals surface area contributed by atoms with Gasteiger partial charge in [-0.2, -0.15) is 0 Å². The predicted molar refractivity (Wildman–Crippen MR) is 115 cm³/mol. The summed E-state index contributed by atoms with van der Waals surface area (Å²) < 4.78 is 0. The van der Waals surface area contributed by atoms with Gasteiger partial charge < -0.3 is 10.2 Å². The highest BCUT2D eigenvalue weighted by atomic mass is 16.4. The number of hydrogen-bond acceptors (Lipinski definition) is 4. The number of aliphatic imine (C=N–C) groups is 1. The van der Waals surface area contributed by atoms with Gasteiger partial charge in [0, 0.05) is 5.56 Å². The summed E-state index contributed by atoms with van der Waals surface area (Å²) in [6.07, 6.45) is 1.63. The molecule has 0 unspecified atom stereocenters. The Hall–Kier alpha value is -4.19. The summed E-state index contributed by atoms with van der Waals surface area (Å²) in [7, 11) is 0. The SMILES string of the molecule is Cc1ccc(C2=N/C(=C/c3ccc(C(=O)O)cc3)C(=O)N2c2ccc(O)cc2)cc1. The highest BCUT2D eigenvalue weighted by Crippen LogP contribution is 2.29. The summed E-state index contributed by atoms with van der Waals surface area (Å²) in [6, 6.07) is 20.3. The highest BCUT2D eigenvalue weighted by Gasteiger charge is 2.32. The average molecular weight is 398 g/mol. The summed E-state index contributed by atoms with van der Waals surface area (Å²) in [4.78, 5) is 30.3. The van der Waals surface area contributed by atoms with E-state index in [9.17, 15) is 14.7 Å². The van der Waals surface area contributed by atoms with Crippen LogP contribution in [0.5, 0.6) is 5.75 Å². The predicted octanol–water partition coefficient (Wildman–Crippen LogP) is 4.23. The number of amides is 1.